The van der Waals surface area contributed by atoms with Crippen LogP contribution in [0.3, 0.4) is 0 Å². The topological polar surface area (TPSA) is 12.0 Å². The lowest BCUT2D eigenvalue weighted by atomic mass is 9.77. The van der Waals surface area contributed by atoms with Crippen LogP contribution in [0.5, 0.6) is 0 Å². The summed E-state index contributed by atoms with van der Waals surface area (Å²) in [5.74, 6) is 1.05. The quantitative estimate of drug-likeness (QED) is 0.622. The van der Waals surface area contributed by atoms with Gasteiger partial charge in [0.15, 0.2) is 0 Å². The van der Waals surface area contributed by atoms with Crippen molar-refractivity contribution in [3.8, 4) is 0 Å². The van der Waals surface area contributed by atoms with E-state index in [9.17, 15) is 0 Å². The first-order valence-corrected chi connectivity index (χ1v) is 8.38. The molecule has 0 unspecified atom stereocenters. The Morgan fingerprint density at radius 3 is 2.86 bits per heavy atom. The highest BCUT2D eigenvalue weighted by Gasteiger charge is 2.38. The first-order valence-electron chi connectivity index (χ1n) is 7.21. The minimum atomic E-state index is 0.301. The molecule has 0 saturated carbocycles. The fraction of sp³-hybridized carbons (Fsp3) is 0.222. The Bertz CT molecular complexity index is 725. The van der Waals surface area contributed by atoms with Gasteiger partial charge in [-0.05, 0) is 57.6 Å². The van der Waals surface area contributed by atoms with Gasteiger partial charge in [0.05, 0.1) is 11.7 Å². The van der Waals surface area contributed by atoms with Gasteiger partial charge in [-0.2, -0.15) is 0 Å². The van der Waals surface area contributed by atoms with Crippen LogP contribution >= 0.6 is 27.5 Å². The standard InChI is InChI=1S/C18H15BrClN/c19-16-9-3-8-15-13-6-2-7-14(13)17(21-18(15)16)11-4-1-5-12(20)10-11/h1-6,8-10,13-14,17,21H,7H2/t13-,14-,17+/m1/s1. The summed E-state index contributed by atoms with van der Waals surface area (Å²) in [4.78, 5) is 0. The maximum absolute atomic E-state index is 6.19. The molecule has 0 amide bonds. The Morgan fingerprint density at radius 2 is 2.00 bits per heavy atom. The molecule has 0 fully saturated rings. The van der Waals surface area contributed by atoms with Gasteiger partial charge in [-0.1, -0.05) is 48.0 Å². The zero-order chi connectivity index (χ0) is 14.4. The van der Waals surface area contributed by atoms with E-state index in [0.717, 1.165) is 15.9 Å². The Labute approximate surface area is 138 Å². The second-order valence-corrected chi connectivity index (χ2v) is 7.03. The summed E-state index contributed by atoms with van der Waals surface area (Å²) >= 11 is 9.87. The van der Waals surface area contributed by atoms with Gasteiger partial charge in [0.2, 0.25) is 0 Å². The number of nitrogens with one attached hydrogen (secondary N) is 1. The molecule has 3 atom stereocenters. The van der Waals surface area contributed by atoms with Crippen molar-refractivity contribution in [3.63, 3.8) is 0 Å². The van der Waals surface area contributed by atoms with Crippen molar-refractivity contribution in [3.05, 3.63) is 75.2 Å². The molecule has 4 rings (SSSR count). The molecule has 2 aromatic rings. The van der Waals surface area contributed by atoms with Gasteiger partial charge in [0.1, 0.15) is 0 Å². The first-order chi connectivity index (χ1) is 10.2. The summed E-state index contributed by atoms with van der Waals surface area (Å²) in [6.07, 6.45) is 5.78. The highest BCUT2D eigenvalue weighted by atomic mass is 79.9. The van der Waals surface area contributed by atoms with Crippen LogP contribution in [0.15, 0.2) is 59.1 Å². The van der Waals surface area contributed by atoms with Crippen molar-refractivity contribution < 1.29 is 0 Å². The average molecular weight is 361 g/mol. The van der Waals surface area contributed by atoms with E-state index in [1.165, 1.54) is 16.8 Å². The van der Waals surface area contributed by atoms with Crippen molar-refractivity contribution in [2.45, 2.75) is 18.4 Å². The summed E-state index contributed by atoms with van der Waals surface area (Å²) < 4.78 is 1.13. The van der Waals surface area contributed by atoms with Crippen molar-refractivity contribution in [1.82, 2.24) is 0 Å². The van der Waals surface area contributed by atoms with E-state index in [2.05, 4.69) is 63.7 Å². The number of para-hydroxylation sites is 1. The Hall–Kier alpha value is -1.25. The SMILES string of the molecule is Clc1cccc([C@@H]2Nc3c(Br)cccc3[C@@H]3C=CC[C@H]32)c1. The molecule has 0 saturated heterocycles. The summed E-state index contributed by atoms with van der Waals surface area (Å²) in [6, 6.07) is 15.0. The molecule has 1 N–H and O–H groups in total. The molecule has 0 spiro atoms. The lowest BCUT2D eigenvalue weighted by Crippen LogP contribution is -2.29. The molecule has 3 heteroatoms. The van der Waals surface area contributed by atoms with E-state index in [1.807, 2.05) is 12.1 Å². The molecule has 1 heterocycles. The molecule has 1 nitrogen and oxygen atoms in total. The summed E-state index contributed by atoms with van der Waals surface area (Å²) in [5, 5.41) is 4.54. The first kappa shape index (κ1) is 13.4. The third-order valence-electron chi connectivity index (χ3n) is 4.55. The van der Waals surface area contributed by atoms with Crippen LogP contribution < -0.4 is 5.32 Å². The number of anilines is 1. The third kappa shape index (κ3) is 2.21. The highest BCUT2D eigenvalue weighted by molar-refractivity contribution is 9.10. The van der Waals surface area contributed by atoms with E-state index >= 15 is 0 Å². The Morgan fingerprint density at radius 1 is 1.14 bits per heavy atom. The molecular weight excluding hydrogens is 346 g/mol. The molecule has 1 aliphatic heterocycles. The lowest BCUT2D eigenvalue weighted by Gasteiger charge is -2.38. The smallest absolute Gasteiger partial charge is 0.0554 e. The number of hydrogen-bond acceptors (Lipinski definition) is 1. The lowest BCUT2D eigenvalue weighted by molar-refractivity contribution is 0.425. The van der Waals surface area contributed by atoms with E-state index < -0.39 is 0 Å². The van der Waals surface area contributed by atoms with Crippen molar-refractivity contribution >= 4 is 33.2 Å². The van der Waals surface area contributed by atoms with Gasteiger partial charge >= 0.3 is 0 Å². The second kappa shape index (κ2) is 5.19. The van der Waals surface area contributed by atoms with Crippen molar-refractivity contribution in [2.75, 3.05) is 5.32 Å². The van der Waals surface area contributed by atoms with Crippen molar-refractivity contribution in [2.24, 2.45) is 5.92 Å². The van der Waals surface area contributed by atoms with E-state index in [0.29, 0.717) is 17.9 Å². The second-order valence-electron chi connectivity index (χ2n) is 5.73. The molecule has 0 radical (unpaired) electrons. The molecule has 106 valence electrons. The number of benzene rings is 2. The van der Waals surface area contributed by atoms with Crippen LogP contribution in [-0.2, 0) is 0 Å². The maximum Gasteiger partial charge on any atom is 0.0554 e. The zero-order valence-corrected chi connectivity index (χ0v) is 13.7. The average Bonchev–Trinajstić information content (AvgIpc) is 2.96. The van der Waals surface area contributed by atoms with Gasteiger partial charge < -0.3 is 5.32 Å². The molecule has 0 bridgehead atoms. The van der Waals surface area contributed by atoms with E-state index in [-0.39, 0.29) is 0 Å². The highest BCUT2D eigenvalue weighted by Crippen LogP contribution is 2.51. The zero-order valence-electron chi connectivity index (χ0n) is 11.4. The third-order valence-corrected chi connectivity index (χ3v) is 5.45. The van der Waals surface area contributed by atoms with Gasteiger partial charge in [-0.15, -0.1) is 0 Å². The largest absolute Gasteiger partial charge is 0.377 e. The van der Waals surface area contributed by atoms with Crippen molar-refractivity contribution in [1.29, 1.82) is 0 Å². The molecule has 1 aliphatic carbocycles. The fourth-order valence-electron chi connectivity index (χ4n) is 3.61. The molecule has 21 heavy (non-hydrogen) atoms. The summed E-state index contributed by atoms with van der Waals surface area (Å²) in [5.41, 5.74) is 3.87. The summed E-state index contributed by atoms with van der Waals surface area (Å²) in [6.45, 7) is 0. The van der Waals surface area contributed by atoms with Crippen LogP contribution in [0.4, 0.5) is 5.69 Å². The number of fused-ring (bicyclic) bond motifs is 3. The van der Waals surface area contributed by atoms with Crippen LogP contribution in [-0.4, -0.2) is 0 Å². The Balaban J connectivity index is 1.83. The molecule has 0 aromatic heterocycles. The minimum Gasteiger partial charge on any atom is -0.377 e. The van der Waals surface area contributed by atoms with Gasteiger partial charge in [0, 0.05) is 15.4 Å². The Kier molecular flexibility index (Phi) is 3.31. The summed E-state index contributed by atoms with van der Waals surface area (Å²) in [7, 11) is 0. The van der Waals surface area contributed by atoms with Crippen LogP contribution in [0, 0.1) is 5.92 Å². The predicted molar refractivity (Wildman–Crippen MR) is 91.9 cm³/mol. The van der Waals surface area contributed by atoms with Crippen LogP contribution in [0.25, 0.3) is 0 Å². The normalized spacial score (nSPS) is 26.1. The van der Waals surface area contributed by atoms with E-state index in [4.69, 9.17) is 11.6 Å². The number of hydrogen-bond donors (Lipinski definition) is 1. The predicted octanol–water partition coefficient (Wildman–Crippen LogP) is 5.93. The monoisotopic (exact) mass is 359 g/mol. The van der Waals surface area contributed by atoms with E-state index in [1.54, 1.807) is 0 Å². The minimum absolute atomic E-state index is 0.301. The molecule has 2 aromatic carbocycles. The molecular formula is C18H15BrClN. The number of rotatable bonds is 1. The number of halogens is 2. The van der Waals surface area contributed by atoms with Gasteiger partial charge in [-0.25, -0.2) is 0 Å². The fourth-order valence-corrected chi connectivity index (χ4v) is 4.31. The van der Waals surface area contributed by atoms with Crippen LogP contribution in [0.1, 0.15) is 29.5 Å². The van der Waals surface area contributed by atoms with Gasteiger partial charge in [0.25, 0.3) is 0 Å². The van der Waals surface area contributed by atoms with Crippen LogP contribution in [0.2, 0.25) is 5.02 Å². The maximum atomic E-state index is 6.19. The number of allylic oxidation sites excluding steroid dienone is 2. The molecule has 2 aliphatic rings. The van der Waals surface area contributed by atoms with Gasteiger partial charge in [-0.3, -0.25) is 0 Å².